The second-order valence-corrected chi connectivity index (χ2v) is 10.2. The molecule has 2 rings (SSSR count). The molecule has 2 aromatic rings. The second-order valence-electron chi connectivity index (χ2n) is 7.66. The molecule has 2 atom stereocenters. The van der Waals surface area contributed by atoms with Crippen LogP contribution in [0.15, 0.2) is 48.5 Å². The number of carboxylic acids is 4. The molecule has 4 N–H and O–H groups in total. The maximum Gasteiger partial charge on any atom is 0.335 e. The summed E-state index contributed by atoms with van der Waals surface area (Å²) in [7, 11) is 2.15. The zero-order valence-electron chi connectivity index (χ0n) is 18.7. The Morgan fingerprint density at radius 3 is 1.06 bits per heavy atom. The molecule has 0 bridgehead atoms. The molecule has 2 unspecified atom stereocenters. The van der Waals surface area contributed by atoms with Crippen molar-refractivity contribution >= 4 is 57.0 Å². The Bertz CT molecular complexity index is 1050. The first-order chi connectivity index (χ1) is 17.0. The van der Waals surface area contributed by atoms with Gasteiger partial charge in [-0.05, 0) is 24.3 Å². The van der Waals surface area contributed by atoms with Crippen molar-refractivity contribution in [2.45, 2.75) is 12.8 Å². The number of rotatable bonds is 15. The van der Waals surface area contributed by atoms with Gasteiger partial charge in [0, 0.05) is 35.5 Å². The van der Waals surface area contributed by atoms with Gasteiger partial charge in [-0.2, -0.15) is 0 Å². The van der Waals surface area contributed by atoms with Gasteiger partial charge in [0.1, 0.15) is 0 Å². The molecule has 36 heavy (non-hydrogen) atoms. The minimum atomic E-state index is -1.20. The fraction of sp³-hybridized carbons (Fsp3) is 0.250. The van der Waals surface area contributed by atoms with Crippen LogP contribution in [0.2, 0.25) is 0 Å². The zero-order chi connectivity index (χ0) is 26.8. The van der Waals surface area contributed by atoms with Gasteiger partial charge in [-0.1, -0.05) is 45.9 Å². The molecule has 0 saturated heterocycles. The lowest BCUT2D eigenvalue weighted by atomic mass is 9.99. The maximum atomic E-state index is 12.4. The van der Waals surface area contributed by atoms with Gasteiger partial charge in [0.15, 0.2) is 11.6 Å². The highest BCUT2D eigenvalue weighted by Crippen LogP contribution is 2.29. The van der Waals surface area contributed by atoms with Gasteiger partial charge in [-0.25, -0.2) is 9.59 Å². The van der Waals surface area contributed by atoms with Crippen molar-refractivity contribution in [2.24, 2.45) is 11.8 Å². The van der Waals surface area contributed by atoms with E-state index in [0.717, 1.165) is 21.6 Å². The van der Waals surface area contributed by atoms with E-state index in [2.05, 4.69) is 0 Å². The number of aliphatic carboxylic acids is 2. The first kappa shape index (κ1) is 28.6. The summed E-state index contributed by atoms with van der Waals surface area (Å²) < 4.78 is 0. The van der Waals surface area contributed by atoms with Crippen LogP contribution in [0.1, 0.15) is 54.3 Å². The number of ketones is 2. The first-order valence-electron chi connectivity index (χ1n) is 10.4. The highest BCUT2D eigenvalue weighted by Gasteiger charge is 2.25. The number of carbonyl (C=O) groups is 6. The smallest absolute Gasteiger partial charge is 0.335 e. The predicted molar refractivity (Wildman–Crippen MR) is 132 cm³/mol. The average Bonchev–Trinajstić information content (AvgIpc) is 2.84. The van der Waals surface area contributed by atoms with E-state index in [0.29, 0.717) is 0 Å². The molecule has 0 radical (unpaired) electrons. The third-order valence-corrected chi connectivity index (χ3v) is 7.65. The Hall–Kier alpha value is -3.64. The third-order valence-electron chi connectivity index (χ3n) is 5.09. The quantitative estimate of drug-likeness (QED) is 0.148. The van der Waals surface area contributed by atoms with Crippen LogP contribution in [-0.4, -0.2) is 67.4 Å². The number of hydrogen-bond donors (Lipinski definition) is 4. The summed E-state index contributed by atoms with van der Waals surface area (Å²) >= 11 is 0. The Kier molecular flexibility index (Phi) is 10.7. The highest BCUT2D eigenvalue weighted by atomic mass is 33.1. The third kappa shape index (κ3) is 8.54. The average molecular weight is 535 g/mol. The maximum absolute atomic E-state index is 12.4. The van der Waals surface area contributed by atoms with Crippen LogP contribution in [0.25, 0.3) is 0 Å². The molecule has 0 aliphatic rings. The number of Topliss-reactive ketones (excluding diaryl/α,β-unsaturated/α-hetero) is 2. The second kappa shape index (κ2) is 13.4. The van der Waals surface area contributed by atoms with Crippen LogP contribution in [0.4, 0.5) is 0 Å². The minimum absolute atomic E-state index is 0.00275. The fourth-order valence-electron chi connectivity index (χ4n) is 2.98. The zero-order valence-corrected chi connectivity index (χ0v) is 20.3. The van der Waals surface area contributed by atoms with Crippen molar-refractivity contribution in [1.82, 2.24) is 0 Å². The van der Waals surface area contributed by atoms with Crippen molar-refractivity contribution in [3.05, 3.63) is 70.8 Å². The summed E-state index contributed by atoms with van der Waals surface area (Å²) in [6.45, 7) is 0. The molecule has 190 valence electrons. The molecule has 0 spiro atoms. The van der Waals surface area contributed by atoms with Crippen LogP contribution >= 0.6 is 21.6 Å². The monoisotopic (exact) mass is 534 g/mol. The molecule has 0 amide bonds. The van der Waals surface area contributed by atoms with Crippen molar-refractivity contribution in [1.29, 1.82) is 0 Å². The van der Waals surface area contributed by atoms with Crippen molar-refractivity contribution in [3.8, 4) is 0 Å². The van der Waals surface area contributed by atoms with E-state index < -0.39 is 47.3 Å². The summed E-state index contributed by atoms with van der Waals surface area (Å²) in [5.74, 6) is -7.71. The standard InChI is InChI=1S/C24H22O10S2/c25-19(13-1-5-15(6-2-13)21(27)28)9-17(23(31)32)11-35-36-12-18(24(33)34)10-20(26)14-3-7-16(8-4-14)22(29)30/h1-8,17-18H,9-12H2,(H,27,28)(H,29,30)(H,31,32)(H,33,34). The Balaban J connectivity index is 1.88. The molecule has 0 saturated carbocycles. The largest absolute Gasteiger partial charge is 0.481 e. The number of aromatic carboxylic acids is 2. The van der Waals surface area contributed by atoms with E-state index in [1.54, 1.807) is 0 Å². The number of benzene rings is 2. The summed E-state index contributed by atoms with van der Waals surface area (Å²) in [5.41, 5.74) is 0.364. The van der Waals surface area contributed by atoms with E-state index in [1.807, 2.05) is 0 Å². The van der Waals surface area contributed by atoms with E-state index in [4.69, 9.17) is 10.2 Å². The van der Waals surface area contributed by atoms with Gasteiger partial charge in [-0.3, -0.25) is 19.2 Å². The van der Waals surface area contributed by atoms with Gasteiger partial charge in [-0.15, -0.1) is 0 Å². The molecule has 10 nitrogen and oxygen atoms in total. The van der Waals surface area contributed by atoms with Gasteiger partial charge in [0.2, 0.25) is 0 Å². The van der Waals surface area contributed by atoms with Gasteiger partial charge < -0.3 is 20.4 Å². The molecule has 0 heterocycles. The highest BCUT2D eigenvalue weighted by molar-refractivity contribution is 8.76. The summed E-state index contributed by atoms with van der Waals surface area (Å²) in [5, 5.41) is 36.7. The molecule has 12 heteroatoms. The number of hydrogen-bond acceptors (Lipinski definition) is 8. The number of carbonyl (C=O) groups excluding carboxylic acids is 2. The minimum Gasteiger partial charge on any atom is -0.481 e. The van der Waals surface area contributed by atoms with E-state index >= 15 is 0 Å². The van der Waals surface area contributed by atoms with E-state index in [-0.39, 0.29) is 46.6 Å². The van der Waals surface area contributed by atoms with Crippen LogP contribution < -0.4 is 0 Å². The van der Waals surface area contributed by atoms with Crippen LogP contribution in [0.3, 0.4) is 0 Å². The Labute approximate surface area is 213 Å². The summed E-state index contributed by atoms with van der Waals surface area (Å²) in [6.07, 6.45) is -0.634. The fourth-order valence-corrected chi connectivity index (χ4v) is 5.58. The van der Waals surface area contributed by atoms with Crippen molar-refractivity contribution < 1.29 is 49.2 Å². The summed E-state index contributed by atoms with van der Waals surface area (Å²) in [4.78, 5) is 69.8. The Morgan fingerprint density at radius 1 is 0.528 bits per heavy atom. The first-order valence-corrected chi connectivity index (χ1v) is 12.9. The lowest BCUT2D eigenvalue weighted by Gasteiger charge is -2.13. The molecule has 0 aliphatic carbocycles. The molecule has 0 aliphatic heterocycles. The van der Waals surface area contributed by atoms with Crippen LogP contribution in [0, 0.1) is 11.8 Å². The van der Waals surface area contributed by atoms with Crippen LogP contribution in [-0.2, 0) is 9.59 Å². The van der Waals surface area contributed by atoms with Crippen LogP contribution in [0.5, 0.6) is 0 Å². The lowest BCUT2D eigenvalue weighted by Crippen LogP contribution is -2.21. The molecule has 0 fully saturated rings. The molecule has 2 aromatic carbocycles. The lowest BCUT2D eigenvalue weighted by molar-refractivity contribution is -0.141. The molecular formula is C24H22O10S2. The van der Waals surface area contributed by atoms with E-state index in [1.165, 1.54) is 48.5 Å². The SMILES string of the molecule is O=C(O)c1ccc(C(=O)CC(CSSCC(CC(=O)c2ccc(C(=O)O)cc2)C(=O)O)C(=O)O)cc1. The molecular weight excluding hydrogens is 512 g/mol. The molecule has 0 aromatic heterocycles. The van der Waals surface area contributed by atoms with Gasteiger partial charge >= 0.3 is 23.9 Å². The summed E-state index contributed by atoms with van der Waals surface area (Å²) in [6, 6.07) is 10.3. The van der Waals surface area contributed by atoms with E-state index in [9.17, 15) is 39.0 Å². The van der Waals surface area contributed by atoms with Gasteiger partial charge in [0.25, 0.3) is 0 Å². The van der Waals surface area contributed by atoms with Crippen molar-refractivity contribution in [2.75, 3.05) is 11.5 Å². The normalized spacial score (nSPS) is 12.3. The Morgan fingerprint density at radius 2 is 0.806 bits per heavy atom. The topological polar surface area (TPSA) is 183 Å². The van der Waals surface area contributed by atoms with Crippen molar-refractivity contribution in [3.63, 3.8) is 0 Å². The predicted octanol–water partition coefficient (Wildman–Crippen LogP) is 3.71. The van der Waals surface area contributed by atoms with Gasteiger partial charge in [0.05, 0.1) is 23.0 Å². The number of carboxylic acid groups (broad SMARTS) is 4.